The molecule has 1 aliphatic heterocycles. The molecule has 0 radical (unpaired) electrons. The molecule has 9 nitrogen and oxygen atoms in total. The van der Waals surface area contributed by atoms with Gasteiger partial charge in [0.15, 0.2) is 0 Å². The van der Waals surface area contributed by atoms with Gasteiger partial charge in [-0.1, -0.05) is 13.8 Å². The van der Waals surface area contributed by atoms with E-state index < -0.39 is 9.85 Å². The van der Waals surface area contributed by atoms with Crippen molar-refractivity contribution < 1.29 is 14.6 Å². The molecule has 2 aromatic carbocycles. The normalized spacial score (nSPS) is 14.0. The Hall–Kier alpha value is -3.14. The van der Waals surface area contributed by atoms with E-state index in [9.17, 15) is 25.0 Å². The molecule has 1 heterocycles. The third-order valence-corrected chi connectivity index (χ3v) is 6.44. The van der Waals surface area contributed by atoms with E-state index in [1.54, 1.807) is 29.2 Å². The first-order chi connectivity index (χ1) is 15.3. The lowest BCUT2D eigenvalue weighted by Crippen LogP contribution is -2.48. The van der Waals surface area contributed by atoms with E-state index in [-0.39, 0.29) is 17.3 Å². The predicted molar refractivity (Wildman–Crippen MR) is 124 cm³/mol. The highest BCUT2D eigenvalue weighted by atomic mass is 32.2. The van der Waals surface area contributed by atoms with Crippen LogP contribution in [-0.2, 0) is 0 Å². The number of nitro groups is 2. The molecule has 0 unspecified atom stereocenters. The highest BCUT2D eigenvalue weighted by Crippen LogP contribution is 2.31. The van der Waals surface area contributed by atoms with Gasteiger partial charge in [0.2, 0.25) is 0 Å². The van der Waals surface area contributed by atoms with Crippen LogP contribution in [0.5, 0.6) is 0 Å². The number of hydrogen-bond acceptors (Lipinski definition) is 7. The quantitative estimate of drug-likeness (QED) is 0.323. The van der Waals surface area contributed by atoms with Crippen LogP contribution >= 0.6 is 11.8 Å². The summed E-state index contributed by atoms with van der Waals surface area (Å²) in [6, 6.07) is 11.0. The minimum Gasteiger partial charge on any atom is -0.368 e. The molecule has 2 aromatic rings. The Morgan fingerprint density at radius 2 is 1.66 bits per heavy atom. The Morgan fingerprint density at radius 1 is 1.00 bits per heavy atom. The van der Waals surface area contributed by atoms with Crippen LogP contribution < -0.4 is 4.90 Å². The average molecular weight is 459 g/mol. The molecule has 3 rings (SSSR count). The van der Waals surface area contributed by atoms with Gasteiger partial charge in [-0.25, -0.2) is 0 Å². The topological polar surface area (TPSA) is 110 Å². The molecule has 170 valence electrons. The van der Waals surface area contributed by atoms with Crippen molar-refractivity contribution in [3.63, 3.8) is 0 Å². The van der Waals surface area contributed by atoms with Crippen LogP contribution in [0.3, 0.4) is 0 Å². The van der Waals surface area contributed by atoms with Gasteiger partial charge in [0, 0.05) is 55.6 Å². The van der Waals surface area contributed by atoms with Crippen molar-refractivity contribution in [2.75, 3.05) is 36.8 Å². The number of nitrogens with zero attached hydrogens (tertiary/aromatic N) is 4. The summed E-state index contributed by atoms with van der Waals surface area (Å²) in [5.74, 6) is 1.08. The maximum absolute atomic E-state index is 13.0. The maximum Gasteiger partial charge on any atom is 0.283 e. The summed E-state index contributed by atoms with van der Waals surface area (Å²) in [5, 5.41) is 22.4. The number of hydrogen-bond donors (Lipinski definition) is 0. The number of carbonyl (C=O) groups is 1. The van der Waals surface area contributed by atoms with Gasteiger partial charge in [-0.2, -0.15) is 0 Å². The second-order valence-electron chi connectivity index (χ2n) is 8.02. The molecule has 0 aromatic heterocycles. The Kier molecular flexibility index (Phi) is 7.68. The van der Waals surface area contributed by atoms with E-state index in [0.29, 0.717) is 42.6 Å². The molecule has 0 saturated carbocycles. The molecule has 0 spiro atoms. The molecule has 1 amide bonds. The summed E-state index contributed by atoms with van der Waals surface area (Å²) in [5.41, 5.74) is 1.18. The lowest BCUT2D eigenvalue weighted by Gasteiger charge is -2.36. The number of anilines is 1. The highest BCUT2D eigenvalue weighted by molar-refractivity contribution is 7.99. The molecule has 1 aliphatic rings. The number of benzene rings is 2. The lowest BCUT2D eigenvalue weighted by molar-refractivity contribution is -0.387. The van der Waals surface area contributed by atoms with Crippen molar-refractivity contribution in [3.05, 3.63) is 68.3 Å². The van der Waals surface area contributed by atoms with Crippen LogP contribution in [0.25, 0.3) is 0 Å². The lowest BCUT2D eigenvalue weighted by atomic mass is 10.1. The first-order valence-electron chi connectivity index (χ1n) is 10.5. The molecule has 32 heavy (non-hydrogen) atoms. The zero-order valence-electron chi connectivity index (χ0n) is 18.1. The molecule has 0 atom stereocenters. The second-order valence-corrected chi connectivity index (χ2v) is 9.16. The summed E-state index contributed by atoms with van der Waals surface area (Å²) in [6.45, 7) is 6.31. The van der Waals surface area contributed by atoms with Crippen molar-refractivity contribution in [2.45, 2.75) is 25.2 Å². The molecule has 0 aliphatic carbocycles. The number of nitro benzene ring substituents is 2. The Labute approximate surface area is 190 Å². The number of amides is 1. The molecule has 0 bridgehead atoms. The van der Waals surface area contributed by atoms with Gasteiger partial charge in [-0.3, -0.25) is 25.0 Å². The Morgan fingerprint density at radius 3 is 2.22 bits per heavy atom. The second kappa shape index (κ2) is 10.4. The maximum atomic E-state index is 13.0. The van der Waals surface area contributed by atoms with Crippen LogP contribution in [0.4, 0.5) is 17.1 Å². The fourth-order valence-corrected chi connectivity index (χ4v) is 4.71. The van der Waals surface area contributed by atoms with Crippen molar-refractivity contribution in [1.29, 1.82) is 0 Å². The molecule has 10 heteroatoms. The van der Waals surface area contributed by atoms with Crippen molar-refractivity contribution in [2.24, 2.45) is 5.92 Å². The summed E-state index contributed by atoms with van der Waals surface area (Å²) < 4.78 is 0. The van der Waals surface area contributed by atoms with Crippen LogP contribution in [-0.4, -0.2) is 52.6 Å². The van der Waals surface area contributed by atoms with Crippen molar-refractivity contribution >= 4 is 34.7 Å². The third-order valence-electron chi connectivity index (χ3n) is 5.35. The van der Waals surface area contributed by atoms with Gasteiger partial charge in [-0.05, 0) is 42.4 Å². The molecular formula is C22H26N4O5S. The van der Waals surface area contributed by atoms with E-state index in [0.717, 1.165) is 17.9 Å². The van der Waals surface area contributed by atoms with E-state index >= 15 is 0 Å². The van der Waals surface area contributed by atoms with E-state index in [4.69, 9.17) is 0 Å². The van der Waals surface area contributed by atoms with Crippen LogP contribution in [0.2, 0.25) is 0 Å². The summed E-state index contributed by atoms with van der Waals surface area (Å²) in [6.07, 6.45) is 0.960. The summed E-state index contributed by atoms with van der Waals surface area (Å²) >= 11 is 1.44. The van der Waals surface area contributed by atoms with E-state index in [1.807, 2.05) is 0 Å². The predicted octanol–water partition coefficient (Wildman–Crippen LogP) is 4.60. The minimum atomic E-state index is -0.437. The van der Waals surface area contributed by atoms with Gasteiger partial charge in [0.1, 0.15) is 0 Å². The van der Waals surface area contributed by atoms with Crippen molar-refractivity contribution in [1.82, 2.24) is 4.90 Å². The zero-order chi connectivity index (χ0) is 23.3. The van der Waals surface area contributed by atoms with Gasteiger partial charge < -0.3 is 9.80 Å². The molecular weight excluding hydrogens is 432 g/mol. The number of non-ortho nitro benzene ring substituents is 1. The van der Waals surface area contributed by atoms with Gasteiger partial charge in [0.25, 0.3) is 17.3 Å². The van der Waals surface area contributed by atoms with Crippen molar-refractivity contribution in [3.8, 4) is 0 Å². The van der Waals surface area contributed by atoms with Gasteiger partial charge in [-0.15, -0.1) is 11.8 Å². The minimum absolute atomic E-state index is 0.0332. The monoisotopic (exact) mass is 458 g/mol. The zero-order valence-corrected chi connectivity index (χ0v) is 18.9. The number of piperazine rings is 1. The number of carbonyl (C=O) groups excluding carboxylic acids is 1. The SMILES string of the molecule is CC(C)CCSc1ccc(C(=O)N2CCN(c3ccc([N+](=O)[O-])cc3)CC2)cc1[N+](=O)[O-]. The summed E-state index contributed by atoms with van der Waals surface area (Å²) in [4.78, 5) is 38.8. The van der Waals surface area contributed by atoms with Crippen LogP contribution in [0, 0.1) is 26.1 Å². The number of rotatable bonds is 8. The average Bonchev–Trinajstić information content (AvgIpc) is 2.78. The van der Waals surface area contributed by atoms with Crippen LogP contribution in [0.1, 0.15) is 30.6 Å². The van der Waals surface area contributed by atoms with Gasteiger partial charge >= 0.3 is 0 Å². The van der Waals surface area contributed by atoms with E-state index in [2.05, 4.69) is 18.7 Å². The first-order valence-corrected chi connectivity index (χ1v) is 11.4. The largest absolute Gasteiger partial charge is 0.368 e. The van der Waals surface area contributed by atoms with Crippen LogP contribution in [0.15, 0.2) is 47.4 Å². The fraction of sp³-hybridized carbons (Fsp3) is 0.409. The Bertz CT molecular complexity index is 988. The standard InChI is InChI=1S/C22H26N4O5S/c1-16(2)9-14-32-21-8-3-17(15-20(21)26(30)31)22(27)24-12-10-23(11-13-24)18-4-6-19(7-5-18)25(28)29/h3-8,15-16H,9-14H2,1-2H3. The summed E-state index contributed by atoms with van der Waals surface area (Å²) in [7, 11) is 0. The molecule has 0 N–H and O–H groups in total. The van der Waals surface area contributed by atoms with E-state index in [1.165, 1.54) is 30.0 Å². The number of thioether (sulfide) groups is 1. The molecule has 1 fully saturated rings. The first kappa shape index (κ1) is 23.5. The highest BCUT2D eigenvalue weighted by Gasteiger charge is 2.25. The Balaban J connectivity index is 1.64. The molecule has 1 saturated heterocycles. The van der Waals surface area contributed by atoms with Gasteiger partial charge in [0.05, 0.1) is 14.7 Å². The smallest absolute Gasteiger partial charge is 0.283 e. The third kappa shape index (κ3) is 5.76. The fourth-order valence-electron chi connectivity index (χ4n) is 3.46.